The minimum Gasteiger partial charge on any atom is -1.00 e. The molecule has 0 spiro atoms. The van der Waals surface area contributed by atoms with Gasteiger partial charge in [-0.1, -0.05) is 12.1 Å². The minimum absolute atomic E-state index is 0. The molecule has 2 rings (SSSR count). The number of anilines is 1. The van der Waals surface area contributed by atoms with E-state index in [1.807, 2.05) is 24.3 Å². The summed E-state index contributed by atoms with van der Waals surface area (Å²) in [5, 5.41) is 0. The van der Waals surface area contributed by atoms with Crippen LogP contribution in [0.3, 0.4) is 0 Å². The Balaban J connectivity index is 0.00000180. The normalized spacial score (nSPS) is 14.8. The number of rotatable bonds is 3. The van der Waals surface area contributed by atoms with Crippen LogP contribution >= 0.6 is 0 Å². The van der Waals surface area contributed by atoms with Gasteiger partial charge in [-0.15, -0.1) is 0 Å². The Morgan fingerprint density at radius 2 is 1.42 bits per heavy atom. The van der Waals surface area contributed by atoms with Gasteiger partial charge in [-0.05, 0) is 12.1 Å². The molecule has 0 aliphatic carbocycles. The molecule has 0 bridgehead atoms. The molecule has 0 atom stereocenters. The Morgan fingerprint density at radius 1 is 0.947 bits per heavy atom. The van der Waals surface area contributed by atoms with Gasteiger partial charge in [0.25, 0.3) is 11.8 Å². The maximum Gasteiger partial charge on any atom is 0.258 e. The third kappa shape index (κ3) is 3.87. The van der Waals surface area contributed by atoms with E-state index in [4.69, 9.17) is 0 Å². The second-order valence-corrected chi connectivity index (χ2v) is 5.46. The Kier molecular flexibility index (Phi) is 4.86. The molecule has 2 amide bonds. The van der Waals surface area contributed by atoms with Crippen LogP contribution in [-0.4, -0.2) is 37.4 Å². The van der Waals surface area contributed by atoms with Crippen molar-refractivity contribution in [2.45, 2.75) is 6.54 Å². The molecular formula is C14H17IN2O2. The molecule has 19 heavy (non-hydrogen) atoms. The second-order valence-electron chi connectivity index (χ2n) is 5.46. The van der Waals surface area contributed by atoms with Gasteiger partial charge < -0.3 is 28.5 Å². The molecule has 1 aromatic rings. The number of hydrogen-bond acceptors (Lipinski definition) is 2. The topological polar surface area (TPSA) is 37.4 Å². The zero-order valence-electron chi connectivity index (χ0n) is 11.3. The Hall–Kier alpha value is -1.21. The fourth-order valence-electron chi connectivity index (χ4n) is 1.95. The van der Waals surface area contributed by atoms with Crippen LogP contribution in [0.25, 0.3) is 0 Å². The lowest BCUT2D eigenvalue weighted by atomic mass is 10.2. The molecule has 1 aliphatic rings. The molecule has 0 unspecified atom stereocenters. The maximum absolute atomic E-state index is 11.5. The predicted molar refractivity (Wildman–Crippen MR) is 69.8 cm³/mol. The summed E-state index contributed by atoms with van der Waals surface area (Å²) in [5.74, 6) is -0.557. The summed E-state index contributed by atoms with van der Waals surface area (Å²) in [4.78, 5) is 24.2. The number of hydrogen-bond donors (Lipinski definition) is 0. The first-order valence-electron chi connectivity index (χ1n) is 5.82. The quantitative estimate of drug-likeness (QED) is 0.362. The average Bonchev–Trinajstić information content (AvgIpc) is 2.58. The van der Waals surface area contributed by atoms with Crippen LogP contribution in [0.2, 0.25) is 0 Å². The highest BCUT2D eigenvalue weighted by Crippen LogP contribution is 2.20. The Labute approximate surface area is 130 Å². The van der Waals surface area contributed by atoms with Crippen molar-refractivity contribution in [3.05, 3.63) is 42.0 Å². The number of imide groups is 1. The van der Waals surface area contributed by atoms with Gasteiger partial charge in [-0.2, -0.15) is 0 Å². The summed E-state index contributed by atoms with van der Waals surface area (Å²) >= 11 is 0. The van der Waals surface area contributed by atoms with Gasteiger partial charge in [0.15, 0.2) is 0 Å². The van der Waals surface area contributed by atoms with Crippen molar-refractivity contribution < 1.29 is 38.0 Å². The lowest BCUT2D eigenvalue weighted by Crippen LogP contribution is -3.00. The molecule has 0 N–H and O–H groups in total. The minimum atomic E-state index is -0.278. The first-order valence-corrected chi connectivity index (χ1v) is 5.82. The number of benzene rings is 1. The lowest BCUT2D eigenvalue weighted by molar-refractivity contribution is -0.884. The second kappa shape index (κ2) is 5.83. The smallest absolute Gasteiger partial charge is 0.258 e. The van der Waals surface area contributed by atoms with E-state index in [1.165, 1.54) is 22.6 Å². The van der Waals surface area contributed by atoms with Gasteiger partial charge in [-0.25, -0.2) is 4.90 Å². The predicted octanol–water partition coefficient (Wildman–Crippen LogP) is -1.67. The average molecular weight is 372 g/mol. The fraction of sp³-hybridized carbons (Fsp3) is 0.286. The van der Waals surface area contributed by atoms with Crippen LogP contribution in [0.4, 0.5) is 5.69 Å². The molecule has 4 nitrogen and oxygen atoms in total. The molecule has 0 fully saturated rings. The molecule has 102 valence electrons. The third-order valence-electron chi connectivity index (χ3n) is 2.66. The third-order valence-corrected chi connectivity index (χ3v) is 2.66. The molecule has 5 heteroatoms. The van der Waals surface area contributed by atoms with Crippen molar-refractivity contribution in [3.63, 3.8) is 0 Å². The summed E-state index contributed by atoms with van der Waals surface area (Å²) < 4.78 is 0.836. The van der Waals surface area contributed by atoms with Gasteiger partial charge in [0.1, 0.15) is 6.54 Å². The number of nitrogens with zero attached hydrogens (tertiary/aromatic N) is 2. The number of amides is 2. The molecule has 1 aromatic carbocycles. The number of halogens is 1. The maximum atomic E-state index is 11.5. The largest absolute Gasteiger partial charge is 1.00 e. The summed E-state index contributed by atoms with van der Waals surface area (Å²) in [7, 11) is 6.35. The van der Waals surface area contributed by atoms with Crippen LogP contribution < -0.4 is 28.9 Å². The van der Waals surface area contributed by atoms with E-state index in [0.29, 0.717) is 5.69 Å². The summed E-state index contributed by atoms with van der Waals surface area (Å²) in [6.45, 7) is 0.903. The first-order chi connectivity index (χ1) is 8.37. The monoisotopic (exact) mass is 372 g/mol. The zero-order chi connectivity index (χ0) is 13.3. The van der Waals surface area contributed by atoms with Crippen molar-refractivity contribution in [2.24, 2.45) is 0 Å². The van der Waals surface area contributed by atoms with E-state index in [1.54, 1.807) is 0 Å². The van der Waals surface area contributed by atoms with Gasteiger partial charge in [0.05, 0.1) is 26.8 Å². The van der Waals surface area contributed by atoms with Gasteiger partial charge in [-0.3, -0.25) is 9.59 Å². The molecule has 1 aliphatic heterocycles. The number of quaternary nitrogens is 1. The van der Waals surface area contributed by atoms with E-state index >= 15 is 0 Å². The van der Waals surface area contributed by atoms with E-state index < -0.39 is 0 Å². The lowest BCUT2D eigenvalue weighted by Gasteiger charge is -2.24. The highest BCUT2D eigenvalue weighted by atomic mass is 127. The summed E-state index contributed by atoms with van der Waals surface area (Å²) in [6, 6.07) is 7.54. The molecule has 0 radical (unpaired) electrons. The highest BCUT2D eigenvalue weighted by molar-refractivity contribution is 6.28. The van der Waals surface area contributed by atoms with Crippen LogP contribution in [-0.2, 0) is 16.1 Å². The zero-order valence-corrected chi connectivity index (χ0v) is 13.4. The van der Waals surface area contributed by atoms with Crippen molar-refractivity contribution in [3.8, 4) is 0 Å². The standard InChI is InChI=1S/C14H17N2O2.HI/c1-16(2,3)10-11-4-6-12(7-5-11)15-13(17)8-9-14(15)18;/h4-9H,10H2,1-3H3;1H/q+1;/p-1. The van der Waals surface area contributed by atoms with Crippen LogP contribution in [0.5, 0.6) is 0 Å². The van der Waals surface area contributed by atoms with Gasteiger partial charge in [0, 0.05) is 17.7 Å². The molecule has 0 aromatic heterocycles. The van der Waals surface area contributed by atoms with Crippen molar-refractivity contribution in [1.29, 1.82) is 0 Å². The number of carbonyl (C=O) groups is 2. The molecular weight excluding hydrogens is 355 g/mol. The fourth-order valence-corrected chi connectivity index (χ4v) is 1.95. The SMILES string of the molecule is C[N+](C)(C)Cc1ccc(N2C(=O)C=CC2=O)cc1.[I-]. The van der Waals surface area contributed by atoms with Crippen molar-refractivity contribution in [1.82, 2.24) is 0 Å². The molecule has 0 saturated carbocycles. The van der Waals surface area contributed by atoms with Crippen LogP contribution in [0.1, 0.15) is 5.56 Å². The molecule has 0 saturated heterocycles. The highest BCUT2D eigenvalue weighted by Gasteiger charge is 2.24. The summed E-state index contributed by atoms with van der Waals surface area (Å²) in [5.41, 5.74) is 1.80. The van der Waals surface area contributed by atoms with Crippen LogP contribution in [0, 0.1) is 0 Å². The molecule has 1 heterocycles. The van der Waals surface area contributed by atoms with Gasteiger partial charge in [0.2, 0.25) is 0 Å². The first kappa shape index (κ1) is 15.8. The van der Waals surface area contributed by atoms with E-state index in [0.717, 1.165) is 11.0 Å². The Bertz CT molecular complexity index is 497. The van der Waals surface area contributed by atoms with E-state index in [2.05, 4.69) is 21.1 Å². The number of carbonyl (C=O) groups excluding carboxylic acids is 2. The van der Waals surface area contributed by atoms with Crippen molar-refractivity contribution in [2.75, 3.05) is 26.0 Å². The van der Waals surface area contributed by atoms with E-state index in [-0.39, 0.29) is 35.8 Å². The van der Waals surface area contributed by atoms with Gasteiger partial charge >= 0.3 is 0 Å². The Morgan fingerprint density at radius 3 is 1.84 bits per heavy atom. The summed E-state index contributed by atoms with van der Waals surface area (Å²) in [6.07, 6.45) is 2.59. The van der Waals surface area contributed by atoms with Crippen LogP contribution in [0.15, 0.2) is 36.4 Å². The van der Waals surface area contributed by atoms with Crippen molar-refractivity contribution >= 4 is 17.5 Å². The van der Waals surface area contributed by atoms with E-state index in [9.17, 15) is 9.59 Å².